The molecule has 1 atom stereocenters. The number of carboxylic acid groups (broad SMARTS) is 1. The van der Waals surface area contributed by atoms with Crippen LogP contribution in [0.15, 0.2) is 0 Å². The van der Waals surface area contributed by atoms with Crippen LogP contribution in [0.5, 0.6) is 0 Å². The fourth-order valence-corrected chi connectivity index (χ4v) is 1.87. The Balaban J connectivity index is 3.91. The second-order valence-electron chi connectivity index (χ2n) is 5.21. The summed E-state index contributed by atoms with van der Waals surface area (Å²) in [6.45, 7) is 6.47. The number of rotatable bonds is 9. The molecule has 0 aromatic rings. The van der Waals surface area contributed by atoms with Gasteiger partial charge in [-0.15, -0.1) is 0 Å². The van der Waals surface area contributed by atoms with Crippen molar-refractivity contribution in [1.29, 1.82) is 0 Å². The average Bonchev–Trinajstić information content (AvgIpc) is 2.30. The molecule has 3 amide bonds. The van der Waals surface area contributed by atoms with Gasteiger partial charge in [-0.2, -0.15) is 0 Å². The van der Waals surface area contributed by atoms with E-state index in [1.54, 1.807) is 0 Å². The topological polar surface area (TPSA) is 108 Å². The van der Waals surface area contributed by atoms with E-state index in [1.165, 1.54) is 6.92 Å². The number of carbonyl (C=O) groups excluding carboxylic acids is 2. The minimum atomic E-state index is -0.858. The van der Waals surface area contributed by atoms with E-state index >= 15 is 0 Å². The van der Waals surface area contributed by atoms with Crippen LogP contribution in [-0.2, 0) is 9.59 Å². The maximum atomic E-state index is 11.5. The predicted octanol–water partition coefficient (Wildman–Crippen LogP) is 0.559. The molecule has 7 nitrogen and oxygen atoms in total. The molecule has 0 aliphatic carbocycles. The fourth-order valence-electron chi connectivity index (χ4n) is 1.87. The molecular formula is C13H25N3O4. The van der Waals surface area contributed by atoms with Crippen LogP contribution in [0.25, 0.3) is 0 Å². The van der Waals surface area contributed by atoms with Crippen LogP contribution in [0.1, 0.15) is 33.6 Å². The summed E-state index contributed by atoms with van der Waals surface area (Å²) in [7, 11) is 0. The van der Waals surface area contributed by atoms with Crippen LogP contribution < -0.4 is 16.0 Å². The lowest BCUT2D eigenvalue weighted by atomic mass is 9.94. The van der Waals surface area contributed by atoms with E-state index in [2.05, 4.69) is 16.0 Å². The van der Waals surface area contributed by atoms with Crippen molar-refractivity contribution in [3.8, 4) is 0 Å². The smallest absolute Gasteiger partial charge is 0.314 e. The molecule has 0 aliphatic rings. The van der Waals surface area contributed by atoms with Gasteiger partial charge in [0.1, 0.15) is 0 Å². The Morgan fingerprint density at radius 2 is 1.65 bits per heavy atom. The second-order valence-corrected chi connectivity index (χ2v) is 5.21. The third-order valence-electron chi connectivity index (χ3n) is 2.60. The molecule has 0 bridgehead atoms. The van der Waals surface area contributed by atoms with Crippen LogP contribution in [-0.4, -0.2) is 42.6 Å². The van der Waals surface area contributed by atoms with Gasteiger partial charge in [-0.05, 0) is 18.3 Å². The molecule has 116 valence electrons. The lowest BCUT2D eigenvalue weighted by Gasteiger charge is -2.18. The molecule has 0 saturated heterocycles. The minimum Gasteiger partial charge on any atom is -0.481 e. The third kappa shape index (κ3) is 11.3. The van der Waals surface area contributed by atoms with E-state index in [-0.39, 0.29) is 24.3 Å². The Bertz CT molecular complexity index is 332. The van der Waals surface area contributed by atoms with Gasteiger partial charge in [0.2, 0.25) is 5.91 Å². The van der Waals surface area contributed by atoms with Crippen LogP contribution in [0.4, 0.5) is 4.79 Å². The van der Waals surface area contributed by atoms with Gasteiger partial charge in [0, 0.05) is 33.0 Å². The number of urea groups is 1. The van der Waals surface area contributed by atoms with Crippen molar-refractivity contribution in [2.24, 2.45) is 11.8 Å². The average molecular weight is 287 g/mol. The van der Waals surface area contributed by atoms with Gasteiger partial charge in [0.05, 0.1) is 0 Å². The number of aliphatic carboxylic acids is 1. The molecule has 0 saturated carbocycles. The summed E-state index contributed by atoms with van der Waals surface area (Å²) < 4.78 is 0. The first-order chi connectivity index (χ1) is 9.31. The number of hydrogen-bond acceptors (Lipinski definition) is 3. The lowest BCUT2D eigenvalue weighted by molar-refractivity contribution is -0.138. The van der Waals surface area contributed by atoms with Gasteiger partial charge in [0.15, 0.2) is 0 Å². The summed E-state index contributed by atoms with van der Waals surface area (Å²) in [5, 5.41) is 16.6. The van der Waals surface area contributed by atoms with E-state index in [0.29, 0.717) is 25.6 Å². The van der Waals surface area contributed by atoms with E-state index in [4.69, 9.17) is 5.11 Å². The molecule has 0 rings (SSSR count). The van der Waals surface area contributed by atoms with Gasteiger partial charge < -0.3 is 21.1 Å². The third-order valence-corrected chi connectivity index (χ3v) is 2.60. The maximum absolute atomic E-state index is 11.5. The van der Waals surface area contributed by atoms with Gasteiger partial charge in [0.25, 0.3) is 0 Å². The molecule has 0 radical (unpaired) electrons. The number of carbonyl (C=O) groups is 3. The van der Waals surface area contributed by atoms with Crippen LogP contribution in [0.3, 0.4) is 0 Å². The number of carboxylic acids is 1. The molecule has 4 N–H and O–H groups in total. The Labute approximate surface area is 119 Å². The van der Waals surface area contributed by atoms with Gasteiger partial charge >= 0.3 is 12.0 Å². The van der Waals surface area contributed by atoms with E-state index in [9.17, 15) is 14.4 Å². The van der Waals surface area contributed by atoms with Crippen molar-refractivity contribution in [3.05, 3.63) is 0 Å². The zero-order chi connectivity index (χ0) is 15.5. The minimum absolute atomic E-state index is 0.0460. The number of amides is 3. The first-order valence-corrected chi connectivity index (χ1v) is 6.79. The Hall–Kier alpha value is -1.79. The van der Waals surface area contributed by atoms with E-state index in [0.717, 1.165) is 6.42 Å². The van der Waals surface area contributed by atoms with Gasteiger partial charge in [-0.1, -0.05) is 13.8 Å². The normalized spacial score (nSPS) is 11.8. The zero-order valence-corrected chi connectivity index (χ0v) is 12.4. The standard InChI is InChI=1S/C13H25N3O4/c1-9(2)6-11(7-12(18)19)8-16-13(20)15-5-4-14-10(3)17/h9,11H,4-8H2,1-3H3,(H,14,17)(H,18,19)(H2,15,16,20). The van der Waals surface area contributed by atoms with Crippen LogP contribution >= 0.6 is 0 Å². The Morgan fingerprint density at radius 1 is 1.05 bits per heavy atom. The van der Waals surface area contributed by atoms with Gasteiger partial charge in [-0.3, -0.25) is 9.59 Å². The maximum Gasteiger partial charge on any atom is 0.314 e. The SMILES string of the molecule is CC(=O)NCCNC(=O)NCC(CC(=O)O)CC(C)C. The van der Waals surface area contributed by atoms with E-state index < -0.39 is 5.97 Å². The first-order valence-electron chi connectivity index (χ1n) is 6.79. The zero-order valence-electron chi connectivity index (χ0n) is 12.4. The van der Waals surface area contributed by atoms with Crippen molar-refractivity contribution in [1.82, 2.24) is 16.0 Å². The molecule has 0 heterocycles. The largest absolute Gasteiger partial charge is 0.481 e. The highest BCUT2D eigenvalue weighted by atomic mass is 16.4. The molecule has 1 unspecified atom stereocenters. The monoisotopic (exact) mass is 287 g/mol. The molecule has 0 aliphatic heterocycles. The summed E-state index contributed by atoms with van der Waals surface area (Å²) in [5.74, 6) is -0.702. The summed E-state index contributed by atoms with van der Waals surface area (Å²) >= 11 is 0. The molecule has 0 spiro atoms. The highest BCUT2D eigenvalue weighted by Crippen LogP contribution is 2.14. The molecule has 7 heteroatoms. The molecule has 0 fully saturated rings. The molecule has 0 aromatic carbocycles. The summed E-state index contributed by atoms with van der Waals surface area (Å²) in [4.78, 5) is 32.8. The summed E-state index contributed by atoms with van der Waals surface area (Å²) in [5.41, 5.74) is 0. The van der Waals surface area contributed by atoms with Gasteiger partial charge in [-0.25, -0.2) is 4.79 Å². The Morgan fingerprint density at radius 3 is 2.15 bits per heavy atom. The number of nitrogens with one attached hydrogen (secondary N) is 3. The van der Waals surface area contributed by atoms with Crippen molar-refractivity contribution < 1.29 is 19.5 Å². The van der Waals surface area contributed by atoms with Crippen molar-refractivity contribution in [2.45, 2.75) is 33.6 Å². The van der Waals surface area contributed by atoms with Crippen LogP contribution in [0.2, 0.25) is 0 Å². The van der Waals surface area contributed by atoms with Crippen molar-refractivity contribution >= 4 is 17.9 Å². The summed E-state index contributed by atoms with van der Waals surface area (Å²) in [6, 6.07) is -0.352. The van der Waals surface area contributed by atoms with Crippen LogP contribution in [0, 0.1) is 11.8 Å². The predicted molar refractivity (Wildman–Crippen MR) is 75.3 cm³/mol. The van der Waals surface area contributed by atoms with E-state index in [1.807, 2.05) is 13.8 Å². The Kier molecular flexibility index (Phi) is 9.15. The molecule has 0 aromatic heterocycles. The quantitative estimate of drug-likeness (QED) is 0.465. The number of hydrogen-bond donors (Lipinski definition) is 4. The lowest BCUT2D eigenvalue weighted by Crippen LogP contribution is -2.42. The fraction of sp³-hybridized carbons (Fsp3) is 0.769. The van der Waals surface area contributed by atoms with Crippen molar-refractivity contribution in [2.75, 3.05) is 19.6 Å². The first kappa shape index (κ1) is 18.2. The molecular weight excluding hydrogens is 262 g/mol. The second kappa shape index (κ2) is 10.1. The van der Waals surface area contributed by atoms with Crippen molar-refractivity contribution in [3.63, 3.8) is 0 Å². The highest BCUT2D eigenvalue weighted by molar-refractivity contribution is 5.74. The summed E-state index contributed by atoms with van der Waals surface area (Å²) in [6.07, 6.45) is 0.794. The molecule has 20 heavy (non-hydrogen) atoms. The highest BCUT2D eigenvalue weighted by Gasteiger charge is 2.15.